The fraction of sp³-hybridized carbons (Fsp3) is 0.688. The molecule has 1 aliphatic heterocycles. The molecule has 0 aliphatic carbocycles. The Bertz CT molecular complexity index is 391. The molecule has 1 aromatic rings. The zero-order chi connectivity index (χ0) is 14.2. The highest BCUT2D eigenvalue weighted by atomic mass is 16.5. The van der Waals surface area contributed by atoms with E-state index in [0.717, 1.165) is 32.0 Å². The Morgan fingerprint density at radius 3 is 2.95 bits per heavy atom. The summed E-state index contributed by atoms with van der Waals surface area (Å²) in [4.78, 5) is 6.75. The molecule has 1 N–H and O–H groups in total. The molecule has 1 aliphatic rings. The minimum absolute atomic E-state index is 0.346. The van der Waals surface area contributed by atoms with Crippen LogP contribution in [0.3, 0.4) is 0 Å². The largest absolute Gasteiger partial charge is 0.476 e. The minimum Gasteiger partial charge on any atom is -0.476 e. The Balaban J connectivity index is 1.79. The quantitative estimate of drug-likeness (QED) is 0.792. The summed E-state index contributed by atoms with van der Waals surface area (Å²) in [6.45, 7) is 9.57. The first-order valence-corrected chi connectivity index (χ1v) is 7.84. The van der Waals surface area contributed by atoms with Crippen LogP contribution >= 0.6 is 0 Å². The van der Waals surface area contributed by atoms with Gasteiger partial charge in [-0.1, -0.05) is 6.92 Å². The van der Waals surface area contributed by atoms with Crippen molar-refractivity contribution < 1.29 is 4.74 Å². The van der Waals surface area contributed by atoms with E-state index in [4.69, 9.17) is 4.74 Å². The Labute approximate surface area is 122 Å². The van der Waals surface area contributed by atoms with Crippen LogP contribution < -0.4 is 10.1 Å². The van der Waals surface area contributed by atoms with Crippen molar-refractivity contribution in [3.05, 3.63) is 23.9 Å². The van der Waals surface area contributed by atoms with Crippen molar-refractivity contribution in [1.82, 2.24) is 15.2 Å². The molecule has 1 saturated heterocycles. The first kappa shape index (κ1) is 15.3. The molecule has 0 radical (unpaired) electrons. The van der Waals surface area contributed by atoms with E-state index in [1.807, 2.05) is 6.20 Å². The van der Waals surface area contributed by atoms with Gasteiger partial charge in [0.25, 0.3) is 0 Å². The van der Waals surface area contributed by atoms with Gasteiger partial charge in [-0.2, -0.15) is 0 Å². The summed E-state index contributed by atoms with van der Waals surface area (Å²) in [7, 11) is 0. The summed E-state index contributed by atoms with van der Waals surface area (Å²) in [6.07, 6.45) is 5.64. The number of pyridine rings is 1. The maximum Gasteiger partial charge on any atom is 0.213 e. The van der Waals surface area contributed by atoms with Gasteiger partial charge in [-0.3, -0.25) is 4.90 Å². The van der Waals surface area contributed by atoms with Crippen LogP contribution in [0.25, 0.3) is 0 Å². The van der Waals surface area contributed by atoms with E-state index in [-0.39, 0.29) is 0 Å². The average molecular weight is 277 g/mol. The molecule has 4 nitrogen and oxygen atoms in total. The van der Waals surface area contributed by atoms with Crippen molar-refractivity contribution in [2.24, 2.45) is 0 Å². The molecule has 0 aromatic carbocycles. The summed E-state index contributed by atoms with van der Waals surface area (Å²) in [5.74, 6) is 0.742. The molecule has 0 bridgehead atoms. The summed E-state index contributed by atoms with van der Waals surface area (Å²) < 4.78 is 5.78. The minimum atomic E-state index is 0.346. The maximum absolute atomic E-state index is 5.78. The van der Waals surface area contributed by atoms with Gasteiger partial charge in [0.15, 0.2) is 0 Å². The second-order valence-electron chi connectivity index (χ2n) is 5.50. The highest BCUT2D eigenvalue weighted by Crippen LogP contribution is 2.16. The SMILES string of the molecule is CCCNC(C)c1ccnc(OCCN2CCCC2)c1. The number of ether oxygens (including phenoxy) is 1. The van der Waals surface area contributed by atoms with Crippen LogP contribution in [-0.4, -0.2) is 42.7 Å². The molecule has 1 unspecified atom stereocenters. The van der Waals surface area contributed by atoms with Crippen LogP contribution in [0.4, 0.5) is 0 Å². The van der Waals surface area contributed by atoms with Gasteiger partial charge in [-0.05, 0) is 57.5 Å². The van der Waals surface area contributed by atoms with E-state index in [0.29, 0.717) is 6.04 Å². The van der Waals surface area contributed by atoms with Crippen LogP contribution in [0.5, 0.6) is 5.88 Å². The maximum atomic E-state index is 5.78. The standard InChI is InChI=1S/C16H27N3O/c1-3-7-17-14(2)15-6-8-18-16(13-15)20-12-11-19-9-4-5-10-19/h6,8,13-14,17H,3-5,7,9-12H2,1-2H3. The van der Waals surface area contributed by atoms with E-state index in [1.54, 1.807) is 0 Å². The molecule has 0 spiro atoms. The smallest absolute Gasteiger partial charge is 0.213 e. The molecule has 0 saturated carbocycles. The molecule has 1 fully saturated rings. The zero-order valence-electron chi connectivity index (χ0n) is 12.8. The van der Waals surface area contributed by atoms with Crippen molar-refractivity contribution >= 4 is 0 Å². The zero-order valence-corrected chi connectivity index (χ0v) is 12.8. The lowest BCUT2D eigenvalue weighted by molar-refractivity contribution is 0.231. The number of aromatic nitrogens is 1. The first-order chi connectivity index (χ1) is 9.79. The molecule has 2 rings (SSSR count). The number of nitrogens with one attached hydrogen (secondary N) is 1. The van der Waals surface area contributed by atoms with Crippen LogP contribution in [0.2, 0.25) is 0 Å². The fourth-order valence-corrected chi connectivity index (χ4v) is 2.54. The number of rotatable bonds is 8. The fourth-order valence-electron chi connectivity index (χ4n) is 2.54. The van der Waals surface area contributed by atoms with Gasteiger partial charge in [-0.15, -0.1) is 0 Å². The third kappa shape index (κ3) is 4.76. The van der Waals surface area contributed by atoms with Crippen LogP contribution in [0.1, 0.15) is 44.7 Å². The predicted octanol–water partition coefficient (Wildman–Crippen LogP) is 2.62. The normalized spacial score (nSPS) is 17.3. The Morgan fingerprint density at radius 1 is 1.40 bits per heavy atom. The number of likely N-dealkylation sites (tertiary alicyclic amines) is 1. The summed E-state index contributed by atoms with van der Waals surface area (Å²) in [5.41, 5.74) is 1.24. The van der Waals surface area contributed by atoms with Crippen LogP contribution in [0.15, 0.2) is 18.3 Å². The molecular weight excluding hydrogens is 250 g/mol. The summed E-state index contributed by atoms with van der Waals surface area (Å²) in [5, 5.41) is 3.49. The van der Waals surface area contributed by atoms with Gasteiger partial charge in [0.1, 0.15) is 6.61 Å². The lowest BCUT2D eigenvalue weighted by atomic mass is 10.1. The Kier molecular flexibility index (Phi) is 6.27. The first-order valence-electron chi connectivity index (χ1n) is 7.84. The second kappa shape index (κ2) is 8.22. The highest BCUT2D eigenvalue weighted by Gasteiger charge is 2.11. The molecular formula is C16H27N3O. The number of nitrogens with zero attached hydrogens (tertiary/aromatic N) is 2. The lowest BCUT2D eigenvalue weighted by Gasteiger charge is -2.16. The van der Waals surface area contributed by atoms with Crippen molar-refractivity contribution in [1.29, 1.82) is 0 Å². The van der Waals surface area contributed by atoms with Gasteiger partial charge in [0.2, 0.25) is 5.88 Å². The molecule has 4 heteroatoms. The van der Waals surface area contributed by atoms with Crippen molar-refractivity contribution in [2.45, 2.75) is 39.2 Å². The Morgan fingerprint density at radius 2 is 2.20 bits per heavy atom. The lowest BCUT2D eigenvalue weighted by Crippen LogP contribution is -2.25. The molecule has 20 heavy (non-hydrogen) atoms. The number of hydrogen-bond donors (Lipinski definition) is 1. The summed E-state index contributed by atoms with van der Waals surface area (Å²) >= 11 is 0. The Hall–Kier alpha value is -1.13. The molecule has 112 valence electrons. The van der Waals surface area contributed by atoms with E-state index >= 15 is 0 Å². The van der Waals surface area contributed by atoms with E-state index in [1.165, 1.54) is 31.5 Å². The average Bonchev–Trinajstić information content (AvgIpc) is 2.98. The predicted molar refractivity (Wildman–Crippen MR) is 82.1 cm³/mol. The monoisotopic (exact) mass is 277 g/mol. The van der Waals surface area contributed by atoms with Gasteiger partial charge >= 0.3 is 0 Å². The molecule has 2 heterocycles. The van der Waals surface area contributed by atoms with Gasteiger partial charge in [-0.25, -0.2) is 4.98 Å². The van der Waals surface area contributed by atoms with Gasteiger partial charge in [0, 0.05) is 24.8 Å². The molecule has 1 atom stereocenters. The van der Waals surface area contributed by atoms with Crippen LogP contribution in [-0.2, 0) is 0 Å². The van der Waals surface area contributed by atoms with Crippen molar-refractivity contribution in [2.75, 3.05) is 32.8 Å². The van der Waals surface area contributed by atoms with Gasteiger partial charge in [0.05, 0.1) is 0 Å². The topological polar surface area (TPSA) is 37.4 Å². The van der Waals surface area contributed by atoms with E-state index in [9.17, 15) is 0 Å². The second-order valence-corrected chi connectivity index (χ2v) is 5.50. The van der Waals surface area contributed by atoms with E-state index < -0.39 is 0 Å². The van der Waals surface area contributed by atoms with Gasteiger partial charge < -0.3 is 10.1 Å². The van der Waals surface area contributed by atoms with E-state index in [2.05, 4.69) is 41.2 Å². The molecule has 0 amide bonds. The molecule has 1 aromatic heterocycles. The van der Waals surface area contributed by atoms with Crippen molar-refractivity contribution in [3.63, 3.8) is 0 Å². The van der Waals surface area contributed by atoms with Crippen molar-refractivity contribution in [3.8, 4) is 5.88 Å². The third-order valence-electron chi connectivity index (χ3n) is 3.82. The highest BCUT2D eigenvalue weighted by molar-refractivity contribution is 5.23. The third-order valence-corrected chi connectivity index (χ3v) is 3.82. The summed E-state index contributed by atoms with van der Waals surface area (Å²) in [6, 6.07) is 4.46. The van der Waals surface area contributed by atoms with Crippen LogP contribution in [0, 0.1) is 0 Å². The number of hydrogen-bond acceptors (Lipinski definition) is 4.